The van der Waals surface area contributed by atoms with Gasteiger partial charge >= 0.3 is 6.03 Å². The smallest absolute Gasteiger partial charge is 0.319 e. The number of carbonyl (C=O) groups is 1. The molecule has 1 fully saturated rings. The SMILES string of the molecule is COc1ccccc1SC[C@H]1O[C@@H](c2ccc(CNC(=O)Nc3ccc(Oc4ccccc4)cc3)cc2)O[C@@H](c2ccc(CO)cc2)[C@H]1C. The minimum atomic E-state index is -0.582. The molecule has 5 aromatic rings. The van der Waals surface area contributed by atoms with E-state index in [1.165, 1.54) is 0 Å². The molecule has 0 aliphatic carbocycles. The van der Waals surface area contributed by atoms with Crippen LogP contribution in [0.2, 0.25) is 0 Å². The molecule has 49 heavy (non-hydrogen) atoms. The van der Waals surface area contributed by atoms with E-state index in [1.54, 1.807) is 31.0 Å². The quantitative estimate of drug-likeness (QED) is 0.114. The van der Waals surface area contributed by atoms with Crippen LogP contribution in [0, 0.1) is 5.92 Å². The number of thioether (sulfide) groups is 1. The third kappa shape index (κ3) is 9.01. The summed E-state index contributed by atoms with van der Waals surface area (Å²) < 4.78 is 24.6. The van der Waals surface area contributed by atoms with Crippen LogP contribution in [-0.4, -0.2) is 30.1 Å². The van der Waals surface area contributed by atoms with E-state index < -0.39 is 6.29 Å². The Bertz CT molecular complexity index is 1790. The van der Waals surface area contributed by atoms with Gasteiger partial charge in [0, 0.05) is 34.4 Å². The Kier molecular flexibility index (Phi) is 11.5. The van der Waals surface area contributed by atoms with E-state index in [-0.39, 0.29) is 30.8 Å². The highest BCUT2D eigenvalue weighted by atomic mass is 32.2. The number of benzene rings is 5. The summed E-state index contributed by atoms with van der Waals surface area (Å²) in [5.74, 6) is 3.05. The fourth-order valence-electron chi connectivity index (χ4n) is 5.60. The maximum absolute atomic E-state index is 12.6. The second-order valence-corrected chi connectivity index (χ2v) is 12.8. The summed E-state index contributed by atoms with van der Waals surface area (Å²) in [5.41, 5.74) is 4.38. The Hall–Kier alpha value is -4.80. The predicted molar refractivity (Wildman–Crippen MR) is 192 cm³/mol. The summed E-state index contributed by atoms with van der Waals surface area (Å²) in [6.07, 6.45) is -0.903. The normalized spacial score (nSPS) is 18.8. The van der Waals surface area contributed by atoms with Crippen LogP contribution in [0.1, 0.15) is 41.6 Å². The molecule has 0 saturated carbocycles. The standard InChI is InChI=1S/C40H40N2O6S/c1-27-36(26-49-37-11-7-6-10-35(37)45-2)47-39(48-38(27)30-16-14-29(25-43)15-17-30)31-18-12-28(13-19-31)24-41-40(44)42-32-20-22-34(23-21-32)46-33-8-4-3-5-9-33/h3-23,27,36,38-39,43H,24-26H2,1-2H3,(H2,41,42,44)/t27-,36+,38+,39+/m0/s1. The zero-order valence-corrected chi connectivity index (χ0v) is 28.3. The average Bonchev–Trinajstić information content (AvgIpc) is 3.15. The Labute approximate surface area is 291 Å². The minimum Gasteiger partial charge on any atom is -0.496 e. The van der Waals surface area contributed by atoms with Gasteiger partial charge in [-0.2, -0.15) is 0 Å². The fraction of sp³-hybridized carbons (Fsp3) is 0.225. The van der Waals surface area contributed by atoms with E-state index in [0.29, 0.717) is 23.7 Å². The number of aliphatic hydroxyl groups excluding tert-OH is 1. The maximum Gasteiger partial charge on any atom is 0.319 e. The topological polar surface area (TPSA) is 98.3 Å². The molecule has 1 heterocycles. The van der Waals surface area contributed by atoms with Crippen LogP contribution in [0.3, 0.4) is 0 Å². The van der Waals surface area contributed by atoms with E-state index in [9.17, 15) is 9.90 Å². The molecule has 0 bridgehead atoms. The van der Waals surface area contributed by atoms with Crippen LogP contribution in [0.25, 0.3) is 0 Å². The second kappa shape index (κ2) is 16.5. The molecule has 0 unspecified atom stereocenters. The molecule has 1 aliphatic heterocycles. The van der Waals surface area contributed by atoms with Gasteiger partial charge in [0.05, 0.1) is 25.9 Å². The third-order valence-electron chi connectivity index (χ3n) is 8.39. The highest BCUT2D eigenvalue weighted by Gasteiger charge is 2.38. The van der Waals surface area contributed by atoms with Crippen LogP contribution >= 0.6 is 11.8 Å². The molecule has 0 radical (unpaired) electrons. The lowest BCUT2D eigenvalue weighted by Gasteiger charge is -2.41. The van der Waals surface area contributed by atoms with Crippen molar-refractivity contribution >= 4 is 23.5 Å². The van der Waals surface area contributed by atoms with E-state index in [0.717, 1.165) is 38.6 Å². The van der Waals surface area contributed by atoms with E-state index in [4.69, 9.17) is 18.9 Å². The number of para-hydroxylation sites is 2. The summed E-state index contributed by atoms with van der Waals surface area (Å²) in [4.78, 5) is 13.7. The fourth-order valence-corrected chi connectivity index (χ4v) is 6.80. The third-order valence-corrected chi connectivity index (χ3v) is 9.54. The number of methoxy groups -OCH3 is 1. The first-order valence-electron chi connectivity index (χ1n) is 16.2. The Morgan fingerprint density at radius 1 is 0.776 bits per heavy atom. The van der Waals surface area contributed by atoms with Crippen molar-refractivity contribution < 1.29 is 28.8 Å². The van der Waals surface area contributed by atoms with Gasteiger partial charge in [-0.05, 0) is 65.2 Å². The molecule has 2 amide bonds. The summed E-state index contributed by atoms with van der Waals surface area (Å²) >= 11 is 1.70. The lowest BCUT2D eigenvalue weighted by Crippen LogP contribution is -2.38. The first kappa shape index (κ1) is 34.1. The summed E-state index contributed by atoms with van der Waals surface area (Å²) in [6, 6.07) is 40.3. The van der Waals surface area contributed by atoms with Crippen molar-refractivity contribution in [2.45, 2.75) is 43.5 Å². The first-order chi connectivity index (χ1) is 24.0. The molecule has 8 nitrogen and oxygen atoms in total. The van der Waals surface area contributed by atoms with E-state index in [2.05, 4.69) is 23.6 Å². The summed E-state index contributed by atoms with van der Waals surface area (Å²) in [7, 11) is 1.68. The van der Waals surface area contributed by atoms with Gasteiger partial charge in [-0.3, -0.25) is 0 Å². The van der Waals surface area contributed by atoms with Crippen molar-refractivity contribution in [1.29, 1.82) is 0 Å². The predicted octanol–water partition coefficient (Wildman–Crippen LogP) is 8.89. The van der Waals surface area contributed by atoms with Crippen molar-refractivity contribution in [1.82, 2.24) is 5.32 Å². The molecule has 9 heteroatoms. The number of urea groups is 1. The lowest BCUT2D eigenvalue weighted by molar-refractivity contribution is -0.268. The lowest BCUT2D eigenvalue weighted by atomic mass is 9.91. The Morgan fingerprint density at radius 3 is 2.14 bits per heavy atom. The highest BCUT2D eigenvalue weighted by Crippen LogP contribution is 2.43. The van der Waals surface area contributed by atoms with Crippen LogP contribution in [0.5, 0.6) is 17.2 Å². The average molecular weight is 677 g/mol. The van der Waals surface area contributed by atoms with E-state index in [1.807, 2.05) is 109 Å². The summed E-state index contributed by atoms with van der Waals surface area (Å²) in [5, 5.41) is 15.3. The molecule has 4 atom stereocenters. The molecule has 3 N–H and O–H groups in total. The van der Waals surface area contributed by atoms with Gasteiger partial charge in [0.2, 0.25) is 0 Å². The Morgan fingerprint density at radius 2 is 1.43 bits per heavy atom. The largest absolute Gasteiger partial charge is 0.496 e. The van der Waals surface area contributed by atoms with Crippen LogP contribution in [0.15, 0.2) is 132 Å². The molecular formula is C40H40N2O6S. The number of anilines is 1. The van der Waals surface area contributed by atoms with Crippen molar-refractivity contribution in [3.05, 3.63) is 150 Å². The zero-order chi connectivity index (χ0) is 34.0. The maximum atomic E-state index is 12.6. The van der Waals surface area contributed by atoms with E-state index >= 15 is 0 Å². The van der Waals surface area contributed by atoms with Crippen molar-refractivity contribution in [3.8, 4) is 17.2 Å². The highest BCUT2D eigenvalue weighted by molar-refractivity contribution is 7.99. The molecule has 252 valence electrons. The molecule has 0 spiro atoms. The van der Waals surface area contributed by atoms with Crippen LogP contribution in [-0.2, 0) is 22.6 Å². The Balaban J connectivity index is 1.08. The first-order valence-corrected chi connectivity index (χ1v) is 17.2. The van der Waals surface area contributed by atoms with Crippen molar-refractivity contribution in [2.24, 2.45) is 5.92 Å². The number of ether oxygens (including phenoxy) is 4. The monoisotopic (exact) mass is 676 g/mol. The van der Waals surface area contributed by atoms with Crippen molar-refractivity contribution in [2.75, 3.05) is 18.2 Å². The van der Waals surface area contributed by atoms with Gasteiger partial charge in [0.1, 0.15) is 17.2 Å². The molecule has 6 rings (SSSR count). The number of nitrogens with one attached hydrogen (secondary N) is 2. The molecule has 5 aromatic carbocycles. The van der Waals surface area contributed by atoms with Gasteiger partial charge in [-0.25, -0.2) is 4.79 Å². The van der Waals surface area contributed by atoms with Crippen LogP contribution in [0.4, 0.5) is 10.5 Å². The van der Waals surface area contributed by atoms with Gasteiger partial charge in [0.15, 0.2) is 6.29 Å². The molecule has 1 aliphatic rings. The second-order valence-electron chi connectivity index (χ2n) is 11.8. The summed E-state index contributed by atoms with van der Waals surface area (Å²) in [6.45, 7) is 2.50. The number of rotatable bonds is 12. The van der Waals surface area contributed by atoms with Gasteiger partial charge in [-0.1, -0.05) is 85.8 Å². The van der Waals surface area contributed by atoms with Gasteiger partial charge in [-0.15, -0.1) is 11.8 Å². The minimum absolute atomic E-state index is 0.00809. The number of carbonyl (C=O) groups excluding carboxylic acids is 1. The number of amides is 2. The molecule has 0 aromatic heterocycles. The number of hydrogen-bond donors (Lipinski definition) is 3. The van der Waals surface area contributed by atoms with Gasteiger partial charge < -0.3 is 34.7 Å². The number of aliphatic hydroxyl groups is 1. The number of hydrogen-bond acceptors (Lipinski definition) is 7. The zero-order valence-electron chi connectivity index (χ0n) is 27.5. The molecule has 1 saturated heterocycles. The van der Waals surface area contributed by atoms with Gasteiger partial charge in [0.25, 0.3) is 0 Å². The van der Waals surface area contributed by atoms with Crippen molar-refractivity contribution in [3.63, 3.8) is 0 Å². The van der Waals surface area contributed by atoms with Crippen LogP contribution < -0.4 is 20.1 Å². The molecular weight excluding hydrogens is 637 g/mol.